The van der Waals surface area contributed by atoms with Crippen molar-refractivity contribution in [3.05, 3.63) is 35.1 Å². The van der Waals surface area contributed by atoms with Crippen LogP contribution in [0.1, 0.15) is 23.7 Å². The molecule has 0 aliphatic heterocycles. The van der Waals surface area contributed by atoms with Gasteiger partial charge in [0.25, 0.3) is 0 Å². The summed E-state index contributed by atoms with van der Waals surface area (Å²) in [6.07, 6.45) is 4.03. The van der Waals surface area contributed by atoms with Crippen LogP contribution in [0, 0.1) is 0 Å². The molecule has 0 saturated carbocycles. The molecule has 0 spiro atoms. The fourth-order valence-corrected chi connectivity index (χ4v) is 2.44. The van der Waals surface area contributed by atoms with E-state index in [2.05, 4.69) is 26.6 Å². The molecule has 3 rings (SSSR count). The second-order valence-electron chi connectivity index (χ2n) is 3.53. The van der Waals surface area contributed by atoms with Gasteiger partial charge in [0.15, 0.2) is 0 Å². The summed E-state index contributed by atoms with van der Waals surface area (Å²) in [6, 6.07) is 4.44. The highest BCUT2D eigenvalue weighted by Crippen LogP contribution is 2.32. The maximum atomic E-state index is 4.42. The van der Waals surface area contributed by atoms with Crippen molar-refractivity contribution < 1.29 is 0 Å². The van der Waals surface area contributed by atoms with Crippen molar-refractivity contribution in [1.29, 1.82) is 0 Å². The van der Waals surface area contributed by atoms with Gasteiger partial charge in [-0.15, -0.1) is 10.2 Å². The van der Waals surface area contributed by atoms with Crippen LogP contribution in [-0.4, -0.2) is 15.2 Å². The van der Waals surface area contributed by atoms with Crippen LogP contribution < -0.4 is 5.32 Å². The van der Waals surface area contributed by atoms with Crippen molar-refractivity contribution in [3.8, 4) is 0 Å². The highest BCUT2D eigenvalue weighted by Gasteiger charge is 2.23. The Morgan fingerprint density at radius 3 is 3.33 bits per heavy atom. The average Bonchev–Trinajstić information content (AvgIpc) is 2.89. The molecule has 2 heterocycles. The van der Waals surface area contributed by atoms with Gasteiger partial charge >= 0.3 is 0 Å². The van der Waals surface area contributed by atoms with Crippen molar-refractivity contribution in [1.82, 2.24) is 15.2 Å². The van der Waals surface area contributed by atoms with Crippen LogP contribution in [0.15, 0.2) is 23.8 Å². The van der Waals surface area contributed by atoms with Crippen molar-refractivity contribution in [2.75, 3.05) is 5.32 Å². The normalized spacial score (nSPS) is 18.8. The van der Waals surface area contributed by atoms with Gasteiger partial charge in [0.1, 0.15) is 5.51 Å². The van der Waals surface area contributed by atoms with E-state index < -0.39 is 0 Å². The quantitative estimate of drug-likeness (QED) is 0.838. The highest BCUT2D eigenvalue weighted by molar-refractivity contribution is 7.13. The largest absolute Gasteiger partial charge is 0.352 e. The smallest absolute Gasteiger partial charge is 0.205 e. The van der Waals surface area contributed by atoms with E-state index in [1.807, 2.05) is 12.3 Å². The maximum Gasteiger partial charge on any atom is 0.205 e. The van der Waals surface area contributed by atoms with E-state index in [-0.39, 0.29) is 0 Å². The van der Waals surface area contributed by atoms with E-state index in [0.29, 0.717) is 6.04 Å². The van der Waals surface area contributed by atoms with Gasteiger partial charge in [-0.1, -0.05) is 17.4 Å². The van der Waals surface area contributed by atoms with Crippen molar-refractivity contribution >= 4 is 16.5 Å². The van der Waals surface area contributed by atoms with Crippen LogP contribution in [0.5, 0.6) is 0 Å². The van der Waals surface area contributed by atoms with E-state index in [0.717, 1.165) is 23.7 Å². The van der Waals surface area contributed by atoms with Crippen LogP contribution in [0.2, 0.25) is 0 Å². The molecule has 0 bridgehead atoms. The lowest BCUT2D eigenvalue weighted by Gasteiger charge is -2.10. The molecule has 1 unspecified atom stereocenters. The first-order valence-corrected chi connectivity index (χ1v) is 5.78. The third-order valence-corrected chi connectivity index (χ3v) is 3.24. The average molecular weight is 218 g/mol. The second-order valence-corrected chi connectivity index (χ2v) is 4.36. The third kappa shape index (κ3) is 1.59. The number of nitrogens with one attached hydrogen (secondary N) is 1. The van der Waals surface area contributed by atoms with Crippen LogP contribution >= 0.6 is 11.3 Å². The first-order valence-electron chi connectivity index (χ1n) is 4.90. The lowest BCUT2D eigenvalue weighted by Crippen LogP contribution is -2.08. The maximum absolute atomic E-state index is 4.42. The molecule has 76 valence electrons. The van der Waals surface area contributed by atoms with E-state index in [9.17, 15) is 0 Å². The first kappa shape index (κ1) is 8.79. The summed E-state index contributed by atoms with van der Waals surface area (Å²) in [4.78, 5) is 4.42. The fourth-order valence-electron chi connectivity index (χ4n) is 1.94. The van der Waals surface area contributed by atoms with E-state index >= 15 is 0 Å². The molecule has 0 aromatic carbocycles. The van der Waals surface area contributed by atoms with Gasteiger partial charge < -0.3 is 5.32 Å². The summed E-state index contributed by atoms with van der Waals surface area (Å²) in [6.45, 7) is 0. The molecule has 1 atom stereocenters. The zero-order valence-electron chi connectivity index (χ0n) is 8.05. The van der Waals surface area contributed by atoms with Gasteiger partial charge in [0, 0.05) is 6.20 Å². The van der Waals surface area contributed by atoms with Gasteiger partial charge in [-0.25, -0.2) is 0 Å². The summed E-state index contributed by atoms with van der Waals surface area (Å²) in [7, 11) is 0. The number of rotatable bonds is 2. The van der Waals surface area contributed by atoms with Crippen LogP contribution in [0.4, 0.5) is 5.13 Å². The second kappa shape index (κ2) is 3.58. The van der Waals surface area contributed by atoms with Crippen molar-refractivity contribution in [2.24, 2.45) is 0 Å². The SMILES string of the molecule is c1cnc2c(c1)CCC2Nc1nncs1. The number of aromatic nitrogens is 3. The molecule has 4 nitrogen and oxygen atoms in total. The minimum atomic E-state index is 0.300. The van der Waals surface area contributed by atoms with Gasteiger partial charge in [-0.05, 0) is 24.5 Å². The molecule has 0 radical (unpaired) electrons. The van der Waals surface area contributed by atoms with E-state index in [1.165, 1.54) is 16.9 Å². The van der Waals surface area contributed by atoms with Crippen molar-refractivity contribution in [2.45, 2.75) is 18.9 Å². The number of aryl methyl sites for hydroxylation is 1. The molecule has 0 saturated heterocycles. The molecular formula is C10H10N4S. The number of nitrogens with zero attached hydrogens (tertiary/aromatic N) is 3. The molecular weight excluding hydrogens is 208 g/mol. The van der Waals surface area contributed by atoms with Gasteiger partial charge in [-0.2, -0.15) is 0 Å². The Labute approximate surface area is 91.4 Å². The lowest BCUT2D eigenvalue weighted by atomic mass is 10.2. The fraction of sp³-hybridized carbons (Fsp3) is 0.300. The Morgan fingerprint density at radius 2 is 2.47 bits per heavy atom. The number of fused-ring (bicyclic) bond motifs is 1. The molecule has 1 aliphatic rings. The Bertz CT molecular complexity index is 454. The molecule has 1 N–H and O–H groups in total. The highest BCUT2D eigenvalue weighted by atomic mass is 32.1. The Morgan fingerprint density at radius 1 is 1.47 bits per heavy atom. The monoisotopic (exact) mass is 218 g/mol. The number of anilines is 1. The number of hydrogen-bond donors (Lipinski definition) is 1. The third-order valence-electron chi connectivity index (χ3n) is 2.62. The lowest BCUT2D eigenvalue weighted by molar-refractivity contribution is 0.742. The number of pyridine rings is 1. The summed E-state index contributed by atoms with van der Waals surface area (Å²) in [5.74, 6) is 0. The van der Waals surface area contributed by atoms with Crippen LogP contribution in [0.3, 0.4) is 0 Å². The Hall–Kier alpha value is -1.49. The van der Waals surface area contributed by atoms with Crippen LogP contribution in [-0.2, 0) is 6.42 Å². The molecule has 0 fully saturated rings. The predicted octanol–water partition coefficient (Wildman–Crippen LogP) is 2.03. The zero-order chi connectivity index (χ0) is 10.1. The molecule has 2 aromatic heterocycles. The molecule has 2 aromatic rings. The molecule has 1 aliphatic carbocycles. The number of hydrogen-bond acceptors (Lipinski definition) is 5. The predicted molar refractivity (Wildman–Crippen MR) is 58.8 cm³/mol. The summed E-state index contributed by atoms with van der Waals surface area (Å²) in [5, 5.41) is 12.0. The minimum absolute atomic E-state index is 0.300. The summed E-state index contributed by atoms with van der Waals surface area (Å²) in [5.41, 5.74) is 4.24. The zero-order valence-corrected chi connectivity index (χ0v) is 8.87. The van der Waals surface area contributed by atoms with Gasteiger partial charge in [0.2, 0.25) is 5.13 Å². The van der Waals surface area contributed by atoms with Crippen molar-refractivity contribution in [3.63, 3.8) is 0 Å². The summed E-state index contributed by atoms with van der Waals surface area (Å²) >= 11 is 1.52. The van der Waals surface area contributed by atoms with Gasteiger partial charge in [-0.3, -0.25) is 4.98 Å². The van der Waals surface area contributed by atoms with Gasteiger partial charge in [0.05, 0.1) is 11.7 Å². The first-order chi connectivity index (χ1) is 7.43. The molecule has 15 heavy (non-hydrogen) atoms. The topological polar surface area (TPSA) is 50.7 Å². The van der Waals surface area contributed by atoms with E-state index in [1.54, 1.807) is 5.51 Å². The molecule has 0 amide bonds. The Balaban J connectivity index is 1.85. The minimum Gasteiger partial charge on any atom is -0.352 e. The Kier molecular flexibility index (Phi) is 2.10. The molecule has 5 heteroatoms. The standard InChI is InChI=1S/C10H10N4S/c1-2-7-3-4-8(9(7)11-5-1)13-10-14-12-6-15-10/h1-2,5-6,8H,3-4H2,(H,13,14). The summed E-state index contributed by atoms with van der Waals surface area (Å²) < 4.78 is 0. The van der Waals surface area contributed by atoms with Crippen LogP contribution in [0.25, 0.3) is 0 Å². The van der Waals surface area contributed by atoms with E-state index in [4.69, 9.17) is 0 Å².